The zero-order valence-corrected chi connectivity index (χ0v) is 25.2. The second-order valence-electron chi connectivity index (χ2n) is 10.7. The molecule has 1 saturated carbocycles. The maximum Gasteiger partial charge on any atom is 0.272 e. The van der Waals surface area contributed by atoms with Crippen LogP contribution in [0.15, 0.2) is 53.4 Å². The maximum absolute atomic E-state index is 13.7. The number of hydrogen-bond acceptors (Lipinski definition) is 4. The van der Waals surface area contributed by atoms with Crippen molar-refractivity contribution in [2.75, 3.05) is 0 Å². The van der Waals surface area contributed by atoms with E-state index in [1.54, 1.807) is 12.1 Å². The van der Waals surface area contributed by atoms with E-state index in [-0.39, 0.29) is 16.8 Å². The number of nitrogens with two attached hydrogens (primary N) is 1. The molecule has 0 bridgehead atoms. The fourth-order valence-corrected chi connectivity index (χ4v) is 6.70. The highest BCUT2D eigenvalue weighted by molar-refractivity contribution is 14.1. The summed E-state index contributed by atoms with van der Waals surface area (Å²) in [6.45, 7) is 2.11. The molecular weight excluding hydrogens is 623 g/mol. The molecule has 3 N–H and O–H groups in total. The lowest BCUT2D eigenvalue weighted by molar-refractivity contribution is 0.0912. The van der Waals surface area contributed by atoms with E-state index in [1.165, 1.54) is 35.0 Å². The van der Waals surface area contributed by atoms with Crippen LogP contribution in [0.5, 0.6) is 0 Å². The third-order valence-electron chi connectivity index (χ3n) is 7.96. The molecule has 1 fully saturated rings. The van der Waals surface area contributed by atoms with Crippen molar-refractivity contribution in [3.05, 3.63) is 74.6 Å². The van der Waals surface area contributed by atoms with Crippen molar-refractivity contribution in [3.63, 3.8) is 0 Å². The molecule has 206 valence electrons. The molecule has 0 radical (unpaired) electrons. The lowest BCUT2D eigenvalue weighted by atomic mass is 9.84. The third-order valence-corrected chi connectivity index (χ3v) is 9.61. The van der Waals surface area contributed by atoms with E-state index in [0.717, 1.165) is 60.9 Å². The first-order valence-corrected chi connectivity index (χ1v) is 16.4. The zero-order chi connectivity index (χ0) is 27.6. The first kappa shape index (κ1) is 28.0. The van der Waals surface area contributed by atoms with Crippen LogP contribution in [-0.2, 0) is 16.4 Å². The Morgan fingerprint density at radius 1 is 1.03 bits per heavy atom. The molecule has 5 rings (SSSR count). The zero-order valence-electron chi connectivity index (χ0n) is 22.2. The van der Waals surface area contributed by atoms with Gasteiger partial charge in [-0.1, -0.05) is 31.4 Å². The second-order valence-corrected chi connectivity index (χ2v) is 13.5. The van der Waals surface area contributed by atoms with Crippen molar-refractivity contribution in [1.29, 1.82) is 0 Å². The number of fused-ring (bicyclic) bond motifs is 1. The number of aromatic nitrogens is 2. The molecule has 1 aromatic heterocycles. The summed E-state index contributed by atoms with van der Waals surface area (Å²) in [6.07, 6.45) is 11.8. The van der Waals surface area contributed by atoms with Crippen LogP contribution in [0.25, 0.3) is 17.3 Å². The number of amides is 1. The molecule has 0 unspecified atom stereocenters. The minimum atomic E-state index is -3.82. The van der Waals surface area contributed by atoms with E-state index in [4.69, 9.17) is 10.2 Å². The summed E-state index contributed by atoms with van der Waals surface area (Å²) in [4.78, 5) is 13.8. The summed E-state index contributed by atoms with van der Waals surface area (Å²) >= 11 is 2.30. The topological polar surface area (TPSA) is 107 Å². The summed E-state index contributed by atoms with van der Waals surface area (Å²) in [5.41, 5.74) is 5.23. The molecule has 3 aromatic rings. The van der Waals surface area contributed by atoms with Gasteiger partial charge in [-0.15, -0.1) is 0 Å². The van der Waals surface area contributed by atoms with Crippen LogP contribution in [-0.4, -0.2) is 30.1 Å². The van der Waals surface area contributed by atoms with E-state index in [1.807, 2.05) is 4.68 Å². The molecular formula is C30H35IN4O3S. The number of halogens is 1. The molecule has 0 aliphatic heterocycles. The predicted molar refractivity (Wildman–Crippen MR) is 163 cm³/mol. The van der Waals surface area contributed by atoms with Crippen molar-refractivity contribution in [3.8, 4) is 5.69 Å². The van der Waals surface area contributed by atoms with Gasteiger partial charge < -0.3 is 5.32 Å². The molecule has 0 spiro atoms. The number of hydrogen-bond donors (Lipinski definition) is 2. The average Bonchev–Trinajstić information content (AvgIpc) is 3.19. The Morgan fingerprint density at radius 3 is 2.36 bits per heavy atom. The highest BCUT2D eigenvalue weighted by atomic mass is 127. The van der Waals surface area contributed by atoms with Crippen LogP contribution in [0.2, 0.25) is 0 Å². The molecule has 39 heavy (non-hydrogen) atoms. The molecule has 1 amide bonds. The van der Waals surface area contributed by atoms with E-state index >= 15 is 0 Å². The van der Waals surface area contributed by atoms with Gasteiger partial charge in [-0.3, -0.25) is 4.79 Å². The fourth-order valence-electron chi connectivity index (χ4n) is 5.83. The number of rotatable bonds is 6. The second kappa shape index (κ2) is 11.9. The Balaban J connectivity index is 1.59. The van der Waals surface area contributed by atoms with Gasteiger partial charge in [-0.05, 0) is 128 Å². The number of sulfonamides is 1. The van der Waals surface area contributed by atoms with E-state index in [0.29, 0.717) is 17.3 Å². The first-order valence-electron chi connectivity index (χ1n) is 13.7. The largest absolute Gasteiger partial charge is 0.348 e. The first-order chi connectivity index (χ1) is 18.7. The number of carbonyl (C=O) groups is 1. The Labute approximate surface area is 244 Å². The van der Waals surface area contributed by atoms with Crippen molar-refractivity contribution in [2.24, 2.45) is 11.1 Å². The van der Waals surface area contributed by atoms with E-state index in [2.05, 4.69) is 65.2 Å². The van der Waals surface area contributed by atoms with Crippen LogP contribution in [0.1, 0.15) is 85.6 Å². The van der Waals surface area contributed by atoms with Gasteiger partial charge >= 0.3 is 0 Å². The number of nitrogens with zero attached hydrogens (tertiary/aromatic N) is 2. The average molecular weight is 659 g/mol. The lowest BCUT2D eigenvalue weighted by Gasteiger charge is -2.28. The van der Waals surface area contributed by atoms with Gasteiger partial charge in [0.25, 0.3) is 5.91 Å². The van der Waals surface area contributed by atoms with E-state index < -0.39 is 10.0 Å². The normalized spacial score (nSPS) is 18.4. The van der Waals surface area contributed by atoms with Crippen molar-refractivity contribution in [2.45, 2.75) is 75.6 Å². The number of nitrogens with one attached hydrogen (secondary N) is 1. The van der Waals surface area contributed by atoms with Crippen LogP contribution in [0, 0.1) is 9.49 Å². The number of allylic oxidation sites excluding steroid dienone is 1. The monoisotopic (exact) mass is 658 g/mol. The number of primary sulfonamides is 1. The van der Waals surface area contributed by atoms with Gasteiger partial charge in [-0.2, -0.15) is 5.10 Å². The van der Waals surface area contributed by atoms with Gasteiger partial charge in [0.2, 0.25) is 10.0 Å². The highest BCUT2D eigenvalue weighted by Gasteiger charge is 2.29. The standard InChI is InChI=1S/C30H35IN4O3S/c1-20(22-7-3-2-4-8-22)33-30(36)28-27-10-6-5-9-23(19-21-11-13-24(31)14-12-21)29(27)35(34-28)25-15-17-26(18-16-25)39(32,37)38/h11-20,22H,2-10H2,1H3,(H,33,36)(H2,32,37,38)/b23-19+/t20-/m1/s1. The number of benzene rings is 2. The molecule has 0 saturated heterocycles. The SMILES string of the molecule is C[C@@H](NC(=O)c1nn(-c2ccc(S(N)(=O)=O)cc2)c2c1CCCC/C2=C\c1ccc(I)cc1)C1CCCCC1. The minimum Gasteiger partial charge on any atom is -0.348 e. The maximum atomic E-state index is 13.7. The molecule has 2 aliphatic rings. The van der Waals surface area contributed by atoms with Crippen LogP contribution >= 0.6 is 22.6 Å². The summed E-state index contributed by atoms with van der Waals surface area (Å²) in [5.74, 6) is 0.352. The van der Waals surface area contributed by atoms with Gasteiger partial charge in [-0.25, -0.2) is 18.2 Å². The van der Waals surface area contributed by atoms with Gasteiger partial charge in [0.15, 0.2) is 5.69 Å². The lowest BCUT2D eigenvalue weighted by Crippen LogP contribution is -2.39. The quantitative estimate of drug-likeness (QED) is 0.247. The predicted octanol–water partition coefficient (Wildman–Crippen LogP) is 6.09. The molecule has 1 heterocycles. The Morgan fingerprint density at radius 2 is 1.69 bits per heavy atom. The summed E-state index contributed by atoms with van der Waals surface area (Å²) in [7, 11) is -3.82. The van der Waals surface area contributed by atoms with Crippen LogP contribution in [0.4, 0.5) is 0 Å². The van der Waals surface area contributed by atoms with Crippen molar-refractivity contribution >= 4 is 50.2 Å². The van der Waals surface area contributed by atoms with Gasteiger partial charge in [0, 0.05) is 15.2 Å². The third kappa shape index (κ3) is 6.47. The van der Waals surface area contributed by atoms with Gasteiger partial charge in [0.1, 0.15) is 0 Å². The minimum absolute atomic E-state index is 0.0402. The smallest absolute Gasteiger partial charge is 0.272 e. The summed E-state index contributed by atoms with van der Waals surface area (Å²) in [5, 5.41) is 13.5. The van der Waals surface area contributed by atoms with Crippen LogP contribution in [0.3, 0.4) is 0 Å². The molecule has 7 nitrogen and oxygen atoms in total. The Bertz CT molecular complexity index is 1470. The van der Waals surface area contributed by atoms with E-state index in [9.17, 15) is 13.2 Å². The molecule has 1 atom stereocenters. The van der Waals surface area contributed by atoms with Crippen LogP contribution < -0.4 is 10.5 Å². The van der Waals surface area contributed by atoms with Crippen molar-refractivity contribution < 1.29 is 13.2 Å². The van der Waals surface area contributed by atoms with Crippen molar-refractivity contribution in [1.82, 2.24) is 15.1 Å². The Hall–Kier alpha value is -2.50. The Kier molecular flexibility index (Phi) is 8.58. The molecule has 9 heteroatoms. The number of carbonyl (C=O) groups excluding carboxylic acids is 1. The summed E-state index contributed by atoms with van der Waals surface area (Å²) < 4.78 is 26.7. The molecule has 2 aromatic carbocycles. The summed E-state index contributed by atoms with van der Waals surface area (Å²) in [6, 6.07) is 14.8. The fraction of sp³-hybridized carbons (Fsp3) is 0.400. The molecule has 2 aliphatic carbocycles. The van der Waals surface area contributed by atoms with Gasteiger partial charge in [0.05, 0.1) is 16.3 Å². The highest BCUT2D eigenvalue weighted by Crippen LogP contribution is 2.35.